The molecule has 2 nitrogen and oxygen atoms in total. The first-order valence-corrected chi connectivity index (χ1v) is 8.45. The van der Waals surface area contributed by atoms with Gasteiger partial charge in [-0.1, -0.05) is 48.9 Å². The first-order chi connectivity index (χ1) is 10.1. The molecule has 0 saturated carbocycles. The van der Waals surface area contributed by atoms with E-state index in [-0.39, 0.29) is 0 Å². The van der Waals surface area contributed by atoms with Crippen molar-refractivity contribution in [2.24, 2.45) is 0 Å². The molecule has 0 bridgehead atoms. The number of rotatable bonds is 6. The second-order valence-corrected chi connectivity index (χ2v) is 6.59. The average molecular weight is 416 g/mol. The molecule has 4 heteroatoms. The Morgan fingerprint density at radius 3 is 2.43 bits per heavy atom. The molecule has 2 rings (SSSR count). The van der Waals surface area contributed by atoms with Crippen molar-refractivity contribution in [3.05, 3.63) is 68.3 Å². The van der Waals surface area contributed by atoms with Crippen molar-refractivity contribution < 1.29 is 5.11 Å². The molecule has 0 aromatic heterocycles. The largest absolute Gasteiger partial charge is 0.387 e. The second kappa shape index (κ2) is 8.13. The van der Waals surface area contributed by atoms with Crippen molar-refractivity contribution in [2.75, 3.05) is 13.1 Å². The van der Waals surface area contributed by atoms with Gasteiger partial charge in [0, 0.05) is 21.7 Å². The van der Waals surface area contributed by atoms with Crippen LogP contribution in [0, 0.1) is 3.57 Å². The van der Waals surface area contributed by atoms with Gasteiger partial charge in [0.05, 0.1) is 6.10 Å². The summed E-state index contributed by atoms with van der Waals surface area (Å²) in [7, 11) is 0. The minimum absolute atomic E-state index is 0.497. The average Bonchev–Trinajstić information content (AvgIpc) is 2.49. The first kappa shape index (κ1) is 16.7. The summed E-state index contributed by atoms with van der Waals surface area (Å²) in [5, 5.41) is 11.1. The Balaban J connectivity index is 2.02. The van der Waals surface area contributed by atoms with Crippen molar-refractivity contribution in [2.45, 2.75) is 19.6 Å². The van der Waals surface area contributed by atoms with Crippen LogP contribution in [0.15, 0.2) is 48.5 Å². The number of aliphatic hydroxyl groups is 1. The van der Waals surface area contributed by atoms with Crippen LogP contribution in [0.4, 0.5) is 0 Å². The van der Waals surface area contributed by atoms with Crippen LogP contribution < -0.4 is 0 Å². The Kier molecular flexibility index (Phi) is 6.48. The van der Waals surface area contributed by atoms with Crippen molar-refractivity contribution in [3.63, 3.8) is 0 Å². The van der Waals surface area contributed by atoms with Gasteiger partial charge in [0.15, 0.2) is 0 Å². The maximum Gasteiger partial charge on any atom is 0.0917 e. The van der Waals surface area contributed by atoms with Gasteiger partial charge >= 0.3 is 0 Å². The normalized spacial score (nSPS) is 12.6. The van der Waals surface area contributed by atoms with Gasteiger partial charge < -0.3 is 5.11 Å². The lowest BCUT2D eigenvalue weighted by Crippen LogP contribution is -2.28. The van der Waals surface area contributed by atoms with Crippen LogP contribution in [0.1, 0.15) is 24.2 Å². The molecule has 0 aliphatic rings. The van der Waals surface area contributed by atoms with Gasteiger partial charge in [0.1, 0.15) is 0 Å². The monoisotopic (exact) mass is 415 g/mol. The number of benzene rings is 2. The summed E-state index contributed by atoms with van der Waals surface area (Å²) in [6.07, 6.45) is -0.497. The molecule has 1 N–H and O–H groups in total. The molecule has 0 heterocycles. The van der Waals surface area contributed by atoms with Crippen LogP contribution in [-0.4, -0.2) is 23.1 Å². The quantitative estimate of drug-likeness (QED) is 0.702. The van der Waals surface area contributed by atoms with Gasteiger partial charge in [-0.05, 0) is 58.5 Å². The van der Waals surface area contributed by atoms with E-state index in [4.69, 9.17) is 11.6 Å². The zero-order valence-electron chi connectivity index (χ0n) is 12.0. The topological polar surface area (TPSA) is 23.5 Å². The fourth-order valence-electron chi connectivity index (χ4n) is 2.21. The summed E-state index contributed by atoms with van der Waals surface area (Å²) < 4.78 is 1.26. The molecule has 2 aromatic rings. The Bertz CT molecular complexity index is 573. The van der Waals surface area contributed by atoms with E-state index in [2.05, 4.69) is 52.6 Å². The van der Waals surface area contributed by atoms with Crippen molar-refractivity contribution in [1.82, 2.24) is 4.90 Å². The molecule has 0 fully saturated rings. The van der Waals surface area contributed by atoms with Crippen LogP contribution in [0.5, 0.6) is 0 Å². The lowest BCUT2D eigenvalue weighted by Gasteiger charge is -2.24. The predicted molar refractivity (Wildman–Crippen MR) is 96.5 cm³/mol. The van der Waals surface area contributed by atoms with Gasteiger partial charge in [-0.25, -0.2) is 0 Å². The van der Waals surface area contributed by atoms with Crippen LogP contribution >= 0.6 is 34.2 Å². The third kappa shape index (κ3) is 4.95. The molecule has 0 aliphatic carbocycles. The summed E-state index contributed by atoms with van der Waals surface area (Å²) in [6, 6.07) is 15.7. The van der Waals surface area contributed by atoms with Gasteiger partial charge in [0.25, 0.3) is 0 Å². The fraction of sp³-hybridized carbons (Fsp3) is 0.294. The third-order valence-corrected chi connectivity index (χ3v) is 4.79. The molecular formula is C17H19ClINO. The Labute approximate surface area is 144 Å². The van der Waals surface area contributed by atoms with Gasteiger partial charge in [-0.3, -0.25) is 4.90 Å². The summed E-state index contributed by atoms with van der Waals surface area (Å²) in [4.78, 5) is 2.25. The van der Waals surface area contributed by atoms with E-state index in [9.17, 15) is 5.11 Å². The number of hydrogen-bond donors (Lipinski definition) is 1. The van der Waals surface area contributed by atoms with Crippen molar-refractivity contribution in [3.8, 4) is 0 Å². The minimum atomic E-state index is -0.497. The van der Waals surface area contributed by atoms with Crippen molar-refractivity contribution in [1.29, 1.82) is 0 Å². The minimum Gasteiger partial charge on any atom is -0.387 e. The summed E-state index contributed by atoms with van der Waals surface area (Å²) >= 11 is 8.24. The smallest absolute Gasteiger partial charge is 0.0917 e. The zero-order valence-corrected chi connectivity index (χ0v) is 14.9. The summed E-state index contributed by atoms with van der Waals surface area (Å²) in [5.74, 6) is 0. The van der Waals surface area contributed by atoms with Crippen LogP contribution in [0.2, 0.25) is 5.02 Å². The van der Waals surface area contributed by atoms with Crippen LogP contribution in [0.3, 0.4) is 0 Å². The highest BCUT2D eigenvalue weighted by Crippen LogP contribution is 2.19. The van der Waals surface area contributed by atoms with E-state index >= 15 is 0 Å². The number of likely N-dealkylation sites (N-methyl/N-ethyl adjacent to an activating group) is 1. The molecule has 0 amide bonds. The zero-order chi connectivity index (χ0) is 15.2. The van der Waals surface area contributed by atoms with E-state index in [1.165, 1.54) is 9.13 Å². The number of aliphatic hydroxyl groups excluding tert-OH is 1. The Hall–Kier alpha value is -0.620. The highest BCUT2D eigenvalue weighted by atomic mass is 127. The molecule has 1 unspecified atom stereocenters. The highest BCUT2D eigenvalue weighted by molar-refractivity contribution is 14.1. The Morgan fingerprint density at radius 2 is 1.81 bits per heavy atom. The molecule has 112 valence electrons. The van der Waals surface area contributed by atoms with E-state index in [1.54, 1.807) is 0 Å². The summed E-state index contributed by atoms with van der Waals surface area (Å²) in [5.41, 5.74) is 2.20. The second-order valence-electron chi connectivity index (χ2n) is 4.99. The van der Waals surface area contributed by atoms with E-state index < -0.39 is 6.10 Å². The number of hydrogen-bond acceptors (Lipinski definition) is 2. The van der Waals surface area contributed by atoms with Crippen LogP contribution in [-0.2, 0) is 6.54 Å². The molecule has 2 aromatic carbocycles. The van der Waals surface area contributed by atoms with E-state index in [0.29, 0.717) is 11.6 Å². The van der Waals surface area contributed by atoms with E-state index in [1.807, 2.05) is 30.3 Å². The molecular weight excluding hydrogens is 397 g/mol. The fourth-order valence-corrected chi connectivity index (χ4v) is 2.89. The SMILES string of the molecule is CCN(Cc1ccccc1I)CC(O)c1ccc(Cl)cc1. The number of halogens is 2. The molecule has 0 saturated heterocycles. The standard InChI is InChI=1S/C17H19ClINO/c1-2-20(11-14-5-3-4-6-16(14)19)12-17(21)13-7-9-15(18)10-8-13/h3-10,17,21H,2,11-12H2,1H3. The lowest BCUT2D eigenvalue weighted by molar-refractivity contribution is 0.112. The maximum absolute atomic E-state index is 10.4. The molecule has 0 spiro atoms. The van der Waals surface area contributed by atoms with Gasteiger partial charge in [-0.2, -0.15) is 0 Å². The maximum atomic E-state index is 10.4. The summed E-state index contributed by atoms with van der Waals surface area (Å²) in [6.45, 7) is 4.48. The van der Waals surface area contributed by atoms with Gasteiger partial charge in [0.2, 0.25) is 0 Å². The molecule has 21 heavy (non-hydrogen) atoms. The lowest BCUT2D eigenvalue weighted by atomic mass is 10.1. The molecule has 0 aliphatic heterocycles. The highest BCUT2D eigenvalue weighted by Gasteiger charge is 2.13. The van der Waals surface area contributed by atoms with E-state index in [0.717, 1.165) is 18.7 Å². The molecule has 0 radical (unpaired) electrons. The third-order valence-electron chi connectivity index (χ3n) is 3.48. The predicted octanol–water partition coefficient (Wildman–Crippen LogP) is 4.50. The van der Waals surface area contributed by atoms with Crippen LogP contribution in [0.25, 0.3) is 0 Å². The van der Waals surface area contributed by atoms with Crippen molar-refractivity contribution >= 4 is 34.2 Å². The first-order valence-electron chi connectivity index (χ1n) is 6.99. The molecule has 1 atom stereocenters. The van der Waals surface area contributed by atoms with Gasteiger partial charge in [-0.15, -0.1) is 0 Å². The Morgan fingerprint density at radius 1 is 1.14 bits per heavy atom. The number of nitrogens with zero attached hydrogens (tertiary/aromatic N) is 1.